The molecule has 3 N–H and O–H groups in total. The summed E-state index contributed by atoms with van der Waals surface area (Å²) in [5.41, 5.74) is 0.841. The van der Waals surface area contributed by atoms with E-state index in [0.717, 1.165) is 12.0 Å². The number of carbonyl (C=O) groups is 2. The quantitative estimate of drug-likeness (QED) is 0.796. The van der Waals surface area contributed by atoms with Gasteiger partial charge in [0.05, 0.1) is 11.6 Å². The number of carbonyl (C=O) groups excluding carboxylic acids is 1. The first-order chi connectivity index (χ1) is 9.47. The molecule has 1 aromatic carbocycles. The highest BCUT2D eigenvalue weighted by Gasteiger charge is 2.33. The Morgan fingerprint density at radius 2 is 2.10 bits per heavy atom. The molecule has 2 unspecified atom stereocenters. The first-order valence-electron chi connectivity index (χ1n) is 6.54. The molecule has 1 fully saturated rings. The smallest absolute Gasteiger partial charge is 0.319 e. The van der Waals surface area contributed by atoms with Gasteiger partial charge in [0.15, 0.2) is 0 Å². The third-order valence-corrected chi connectivity index (χ3v) is 3.52. The second kappa shape index (κ2) is 5.90. The number of carboxylic acids is 1. The van der Waals surface area contributed by atoms with Crippen LogP contribution in [-0.2, 0) is 4.79 Å². The second-order valence-electron chi connectivity index (χ2n) is 5.06. The molecular formula is C14H17FN2O3. The monoisotopic (exact) mass is 280 g/mol. The van der Waals surface area contributed by atoms with E-state index in [9.17, 15) is 14.0 Å². The van der Waals surface area contributed by atoms with Crippen LogP contribution in [0.3, 0.4) is 0 Å². The Labute approximate surface area is 116 Å². The van der Waals surface area contributed by atoms with Crippen molar-refractivity contribution in [1.29, 1.82) is 0 Å². The molecule has 1 aliphatic carbocycles. The van der Waals surface area contributed by atoms with Crippen LogP contribution in [0.1, 0.15) is 24.8 Å². The highest BCUT2D eigenvalue weighted by Crippen LogP contribution is 2.26. The number of carboxylic acid groups (broad SMARTS) is 1. The number of urea groups is 1. The highest BCUT2D eigenvalue weighted by molar-refractivity contribution is 5.90. The van der Waals surface area contributed by atoms with Crippen molar-refractivity contribution in [3.05, 3.63) is 29.6 Å². The summed E-state index contributed by atoms with van der Waals surface area (Å²) < 4.78 is 13.6. The molecule has 6 heteroatoms. The maximum absolute atomic E-state index is 13.6. The summed E-state index contributed by atoms with van der Waals surface area (Å²) in [7, 11) is 0. The van der Waals surface area contributed by atoms with E-state index in [4.69, 9.17) is 5.11 Å². The summed E-state index contributed by atoms with van der Waals surface area (Å²) in [5, 5.41) is 14.0. The molecule has 1 aromatic rings. The molecule has 1 saturated carbocycles. The molecule has 0 heterocycles. The van der Waals surface area contributed by atoms with E-state index in [1.165, 1.54) is 12.1 Å². The van der Waals surface area contributed by atoms with E-state index in [1.807, 2.05) is 0 Å². The van der Waals surface area contributed by atoms with E-state index in [2.05, 4.69) is 10.6 Å². The van der Waals surface area contributed by atoms with Gasteiger partial charge in [0.25, 0.3) is 0 Å². The Bertz CT molecular complexity index is 533. The van der Waals surface area contributed by atoms with Crippen LogP contribution in [-0.4, -0.2) is 23.1 Å². The summed E-state index contributed by atoms with van der Waals surface area (Å²) in [6, 6.07) is 3.51. The van der Waals surface area contributed by atoms with Crippen LogP contribution < -0.4 is 10.6 Å². The molecule has 0 spiro atoms. The minimum atomic E-state index is -0.908. The van der Waals surface area contributed by atoms with E-state index in [-0.39, 0.29) is 5.69 Å². The fourth-order valence-electron chi connectivity index (χ4n) is 2.48. The zero-order valence-corrected chi connectivity index (χ0v) is 11.1. The largest absolute Gasteiger partial charge is 0.481 e. The molecule has 2 rings (SSSR count). The van der Waals surface area contributed by atoms with Crippen molar-refractivity contribution in [2.45, 2.75) is 32.2 Å². The molecule has 2 amide bonds. The lowest BCUT2D eigenvalue weighted by molar-refractivity contribution is -0.142. The van der Waals surface area contributed by atoms with Gasteiger partial charge in [0.2, 0.25) is 0 Å². The van der Waals surface area contributed by atoms with E-state index in [1.54, 1.807) is 13.0 Å². The van der Waals surface area contributed by atoms with Gasteiger partial charge in [-0.2, -0.15) is 0 Å². The number of anilines is 1. The Kier molecular flexibility index (Phi) is 4.22. The highest BCUT2D eigenvalue weighted by atomic mass is 19.1. The van der Waals surface area contributed by atoms with Crippen LogP contribution in [0.25, 0.3) is 0 Å². The van der Waals surface area contributed by atoms with Gasteiger partial charge in [0, 0.05) is 6.04 Å². The summed E-state index contributed by atoms with van der Waals surface area (Å²) in [6.45, 7) is 1.75. The molecule has 108 valence electrons. The summed E-state index contributed by atoms with van der Waals surface area (Å²) in [5.74, 6) is -1.99. The fourth-order valence-corrected chi connectivity index (χ4v) is 2.48. The number of hydrogen-bond acceptors (Lipinski definition) is 2. The van der Waals surface area contributed by atoms with Crippen LogP contribution in [0.5, 0.6) is 0 Å². The van der Waals surface area contributed by atoms with Crippen molar-refractivity contribution in [2.75, 3.05) is 5.32 Å². The van der Waals surface area contributed by atoms with Gasteiger partial charge in [0.1, 0.15) is 5.82 Å². The van der Waals surface area contributed by atoms with Gasteiger partial charge in [-0.05, 0) is 37.5 Å². The number of aryl methyl sites for hydroxylation is 1. The molecule has 20 heavy (non-hydrogen) atoms. The maximum Gasteiger partial charge on any atom is 0.319 e. The number of aliphatic carboxylic acids is 1. The Hall–Kier alpha value is -2.11. The van der Waals surface area contributed by atoms with Gasteiger partial charge < -0.3 is 15.7 Å². The number of amides is 2. The number of nitrogens with one attached hydrogen (secondary N) is 2. The van der Waals surface area contributed by atoms with Crippen LogP contribution in [0.2, 0.25) is 0 Å². The third kappa shape index (κ3) is 3.26. The SMILES string of the molecule is Cc1ccc(NC(=O)NC2CCCC2C(=O)O)c(F)c1. The number of halogens is 1. The average Bonchev–Trinajstić information content (AvgIpc) is 2.81. The summed E-state index contributed by atoms with van der Waals surface area (Å²) in [6.07, 6.45) is 1.95. The first-order valence-corrected chi connectivity index (χ1v) is 6.54. The molecule has 0 bridgehead atoms. The normalized spacial score (nSPS) is 21.5. The van der Waals surface area contributed by atoms with E-state index in [0.29, 0.717) is 12.8 Å². The standard InChI is InChI=1S/C14H17FN2O3/c1-8-5-6-12(10(15)7-8)17-14(20)16-11-4-2-3-9(11)13(18)19/h5-7,9,11H,2-4H2,1H3,(H,18,19)(H2,16,17,20). The second-order valence-corrected chi connectivity index (χ2v) is 5.06. The lowest BCUT2D eigenvalue weighted by Gasteiger charge is -2.18. The van der Waals surface area contributed by atoms with E-state index < -0.39 is 29.8 Å². The van der Waals surface area contributed by atoms with Gasteiger partial charge in [-0.25, -0.2) is 9.18 Å². The minimum Gasteiger partial charge on any atom is -0.481 e. The predicted molar refractivity (Wildman–Crippen MR) is 72.1 cm³/mol. The van der Waals surface area contributed by atoms with Crippen molar-refractivity contribution < 1.29 is 19.1 Å². The zero-order valence-electron chi connectivity index (χ0n) is 11.1. The van der Waals surface area contributed by atoms with Crippen LogP contribution in [0.15, 0.2) is 18.2 Å². The van der Waals surface area contributed by atoms with Crippen molar-refractivity contribution in [2.24, 2.45) is 5.92 Å². The third-order valence-electron chi connectivity index (χ3n) is 3.52. The molecule has 2 atom stereocenters. The Morgan fingerprint density at radius 3 is 2.75 bits per heavy atom. The predicted octanol–water partition coefficient (Wildman–Crippen LogP) is 2.51. The lowest BCUT2D eigenvalue weighted by atomic mass is 10.0. The van der Waals surface area contributed by atoms with Crippen molar-refractivity contribution in [1.82, 2.24) is 5.32 Å². The molecule has 0 aromatic heterocycles. The first kappa shape index (κ1) is 14.3. The minimum absolute atomic E-state index is 0.0815. The Balaban J connectivity index is 1.97. The fraction of sp³-hybridized carbons (Fsp3) is 0.429. The molecular weight excluding hydrogens is 263 g/mol. The van der Waals surface area contributed by atoms with Gasteiger partial charge in [-0.3, -0.25) is 4.79 Å². The van der Waals surface area contributed by atoms with Crippen molar-refractivity contribution in [3.8, 4) is 0 Å². The van der Waals surface area contributed by atoms with Crippen LogP contribution in [0, 0.1) is 18.7 Å². The van der Waals surface area contributed by atoms with E-state index >= 15 is 0 Å². The van der Waals surface area contributed by atoms with Crippen LogP contribution in [0.4, 0.5) is 14.9 Å². The van der Waals surface area contributed by atoms with Crippen molar-refractivity contribution >= 4 is 17.7 Å². The maximum atomic E-state index is 13.6. The van der Waals surface area contributed by atoms with Crippen molar-refractivity contribution in [3.63, 3.8) is 0 Å². The topological polar surface area (TPSA) is 78.4 Å². The Morgan fingerprint density at radius 1 is 1.35 bits per heavy atom. The van der Waals surface area contributed by atoms with Gasteiger partial charge in [-0.15, -0.1) is 0 Å². The number of rotatable bonds is 3. The number of benzene rings is 1. The molecule has 0 saturated heterocycles. The molecule has 0 radical (unpaired) electrons. The summed E-state index contributed by atoms with van der Waals surface area (Å²) in [4.78, 5) is 22.8. The lowest BCUT2D eigenvalue weighted by Crippen LogP contribution is -2.42. The summed E-state index contributed by atoms with van der Waals surface area (Å²) >= 11 is 0. The van der Waals surface area contributed by atoms with Gasteiger partial charge >= 0.3 is 12.0 Å². The van der Waals surface area contributed by atoms with Crippen LogP contribution >= 0.6 is 0 Å². The molecule has 5 nitrogen and oxygen atoms in total. The van der Waals surface area contributed by atoms with Gasteiger partial charge in [-0.1, -0.05) is 12.5 Å². The molecule has 0 aliphatic heterocycles. The average molecular weight is 280 g/mol. The zero-order chi connectivity index (χ0) is 14.7. The molecule has 1 aliphatic rings. The number of hydrogen-bond donors (Lipinski definition) is 3.